The van der Waals surface area contributed by atoms with Crippen LogP contribution in [0.5, 0.6) is 11.5 Å². The van der Waals surface area contributed by atoms with Crippen LogP contribution in [0.2, 0.25) is 0 Å². The Kier molecular flexibility index (Phi) is 7.85. The van der Waals surface area contributed by atoms with Crippen LogP contribution in [0.3, 0.4) is 0 Å². The molecule has 0 unspecified atom stereocenters. The molecule has 4 rings (SSSR count). The van der Waals surface area contributed by atoms with E-state index in [4.69, 9.17) is 26.1 Å². The van der Waals surface area contributed by atoms with Crippen molar-refractivity contribution in [1.29, 1.82) is 0 Å². The Morgan fingerprint density at radius 3 is 2.56 bits per heavy atom. The molecular weight excluding hydrogens is 474 g/mol. The highest BCUT2D eigenvalue weighted by molar-refractivity contribution is 7.80. The molecule has 0 aliphatic heterocycles. The average molecular weight is 504 g/mol. The van der Waals surface area contributed by atoms with E-state index in [-0.39, 0.29) is 11.0 Å². The molecule has 0 spiro atoms. The van der Waals surface area contributed by atoms with Crippen molar-refractivity contribution < 1.29 is 18.7 Å². The molecule has 1 aromatic heterocycles. The molecular formula is C28H29N3O4S. The van der Waals surface area contributed by atoms with E-state index in [9.17, 15) is 4.79 Å². The van der Waals surface area contributed by atoms with Crippen molar-refractivity contribution >= 4 is 40.0 Å². The van der Waals surface area contributed by atoms with Gasteiger partial charge in [0.25, 0.3) is 5.91 Å². The zero-order chi connectivity index (χ0) is 25.7. The van der Waals surface area contributed by atoms with Crippen molar-refractivity contribution in [3.63, 3.8) is 0 Å². The Labute approximate surface area is 215 Å². The number of anilines is 1. The van der Waals surface area contributed by atoms with Crippen LogP contribution in [-0.4, -0.2) is 29.7 Å². The van der Waals surface area contributed by atoms with Crippen LogP contribution in [0.15, 0.2) is 65.1 Å². The number of nitrogens with zero attached hydrogens (tertiary/aromatic N) is 1. The predicted molar refractivity (Wildman–Crippen MR) is 146 cm³/mol. The van der Waals surface area contributed by atoms with Crippen molar-refractivity contribution in [1.82, 2.24) is 10.3 Å². The number of carbonyl (C=O) groups is 1. The zero-order valence-electron chi connectivity index (χ0n) is 20.8. The molecule has 0 saturated heterocycles. The van der Waals surface area contributed by atoms with Gasteiger partial charge in [-0.05, 0) is 84.7 Å². The predicted octanol–water partition coefficient (Wildman–Crippen LogP) is 6.54. The summed E-state index contributed by atoms with van der Waals surface area (Å²) >= 11 is 5.39. The topological polar surface area (TPSA) is 85.6 Å². The maximum absolute atomic E-state index is 12.7. The van der Waals surface area contributed by atoms with Crippen molar-refractivity contribution in [3.8, 4) is 23.0 Å². The lowest BCUT2D eigenvalue weighted by Crippen LogP contribution is -2.34. The largest absolute Gasteiger partial charge is 0.495 e. The Balaban J connectivity index is 1.49. The lowest BCUT2D eigenvalue weighted by Gasteiger charge is -2.14. The van der Waals surface area contributed by atoms with Gasteiger partial charge < -0.3 is 19.2 Å². The Morgan fingerprint density at radius 1 is 1.08 bits per heavy atom. The first kappa shape index (κ1) is 25.2. The number of nitrogens with one attached hydrogen (secondary N) is 2. The first-order valence-electron chi connectivity index (χ1n) is 11.8. The minimum absolute atomic E-state index is 0.140. The number of rotatable bonds is 8. The molecule has 0 fully saturated rings. The van der Waals surface area contributed by atoms with Crippen molar-refractivity contribution in [2.24, 2.45) is 0 Å². The standard InChI is InChI=1S/C28H29N3O4S/c1-5-14-34-21-10-6-18(7-11-21)26(32)31-28(36)30-22-16-20(9-12-24(22)33-4)27-29-23-15-19(17(2)3)8-13-25(23)35-27/h6-13,15-17H,5,14H2,1-4H3,(H2,30,31,32,36). The van der Waals surface area contributed by atoms with E-state index in [1.165, 1.54) is 5.56 Å². The molecule has 2 N–H and O–H groups in total. The number of carbonyl (C=O) groups excluding carboxylic acids is 1. The molecule has 3 aromatic carbocycles. The monoisotopic (exact) mass is 503 g/mol. The number of hydrogen-bond donors (Lipinski definition) is 2. The zero-order valence-corrected chi connectivity index (χ0v) is 21.6. The van der Waals surface area contributed by atoms with Crippen LogP contribution in [0.25, 0.3) is 22.6 Å². The van der Waals surface area contributed by atoms with Crippen molar-refractivity contribution in [2.45, 2.75) is 33.1 Å². The number of thiocarbonyl (C=S) groups is 1. The summed E-state index contributed by atoms with van der Waals surface area (Å²) in [5.41, 5.74) is 4.51. The molecule has 8 heteroatoms. The summed E-state index contributed by atoms with van der Waals surface area (Å²) in [5, 5.41) is 5.89. The fraction of sp³-hybridized carbons (Fsp3) is 0.250. The van der Waals surface area contributed by atoms with E-state index in [0.29, 0.717) is 41.0 Å². The van der Waals surface area contributed by atoms with E-state index in [0.717, 1.165) is 23.3 Å². The normalized spacial score (nSPS) is 10.9. The third-order valence-electron chi connectivity index (χ3n) is 5.59. The summed E-state index contributed by atoms with van der Waals surface area (Å²) in [6.45, 7) is 6.95. The molecule has 186 valence electrons. The number of ether oxygens (including phenoxy) is 2. The van der Waals surface area contributed by atoms with E-state index in [2.05, 4.69) is 35.5 Å². The highest BCUT2D eigenvalue weighted by Gasteiger charge is 2.15. The summed E-state index contributed by atoms with van der Waals surface area (Å²) in [5.74, 6) is 1.83. The van der Waals surface area contributed by atoms with Crippen LogP contribution in [-0.2, 0) is 0 Å². The van der Waals surface area contributed by atoms with Gasteiger partial charge in [-0.1, -0.05) is 26.8 Å². The molecule has 4 aromatic rings. The number of oxazole rings is 1. The van der Waals surface area contributed by atoms with Crippen LogP contribution >= 0.6 is 12.2 Å². The van der Waals surface area contributed by atoms with Crippen LogP contribution in [0, 0.1) is 0 Å². The molecule has 1 amide bonds. The van der Waals surface area contributed by atoms with Gasteiger partial charge in [-0.15, -0.1) is 0 Å². The molecule has 0 atom stereocenters. The molecule has 1 heterocycles. The van der Waals surface area contributed by atoms with Gasteiger partial charge in [-0.2, -0.15) is 0 Å². The van der Waals surface area contributed by atoms with Crippen LogP contribution in [0.1, 0.15) is 49.0 Å². The molecule has 0 aliphatic rings. The quantitative estimate of drug-likeness (QED) is 0.264. The van der Waals surface area contributed by atoms with Gasteiger partial charge in [-0.25, -0.2) is 4.98 Å². The molecule has 0 radical (unpaired) electrons. The van der Waals surface area contributed by atoms with Gasteiger partial charge in [0.05, 0.1) is 19.4 Å². The summed E-state index contributed by atoms with van der Waals surface area (Å²) in [6, 6.07) is 18.4. The van der Waals surface area contributed by atoms with Crippen molar-refractivity contribution in [3.05, 3.63) is 71.8 Å². The second-order valence-electron chi connectivity index (χ2n) is 8.60. The number of methoxy groups -OCH3 is 1. The number of fused-ring (bicyclic) bond motifs is 1. The van der Waals surface area contributed by atoms with E-state index < -0.39 is 0 Å². The van der Waals surface area contributed by atoms with Gasteiger partial charge in [0.1, 0.15) is 17.0 Å². The fourth-order valence-electron chi connectivity index (χ4n) is 3.62. The van der Waals surface area contributed by atoms with Gasteiger partial charge in [-0.3, -0.25) is 10.1 Å². The first-order chi connectivity index (χ1) is 17.4. The maximum atomic E-state index is 12.7. The SMILES string of the molecule is CCCOc1ccc(C(=O)NC(=S)Nc2cc(-c3nc4cc(C(C)C)ccc4o3)ccc2OC)cc1. The van der Waals surface area contributed by atoms with Gasteiger partial charge in [0, 0.05) is 11.1 Å². The Bertz CT molecular complexity index is 1380. The van der Waals surface area contributed by atoms with Crippen molar-refractivity contribution in [2.75, 3.05) is 19.0 Å². The third-order valence-corrected chi connectivity index (χ3v) is 5.79. The summed E-state index contributed by atoms with van der Waals surface area (Å²) in [6.07, 6.45) is 0.915. The smallest absolute Gasteiger partial charge is 0.257 e. The number of aromatic nitrogens is 1. The van der Waals surface area contributed by atoms with Crippen LogP contribution < -0.4 is 20.1 Å². The number of amides is 1. The minimum atomic E-state index is -0.329. The highest BCUT2D eigenvalue weighted by Crippen LogP contribution is 2.32. The maximum Gasteiger partial charge on any atom is 0.257 e. The lowest BCUT2D eigenvalue weighted by molar-refractivity contribution is 0.0977. The summed E-state index contributed by atoms with van der Waals surface area (Å²) in [7, 11) is 1.57. The molecule has 0 aliphatic carbocycles. The van der Waals surface area contributed by atoms with E-state index in [1.807, 2.05) is 31.2 Å². The van der Waals surface area contributed by atoms with E-state index in [1.54, 1.807) is 37.4 Å². The second kappa shape index (κ2) is 11.2. The highest BCUT2D eigenvalue weighted by atomic mass is 32.1. The molecule has 7 nitrogen and oxygen atoms in total. The second-order valence-corrected chi connectivity index (χ2v) is 9.01. The minimum Gasteiger partial charge on any atom is -0.495 e. The number of hydrogen-bond acceptors (Lipinski definition) is 6. The van der Waals surface area contributed by atoms with E-state index >= 15 is 0 Å². The first-order valence-corrected chi connectivity index (χ1v) is 12.2. The summed E-state index contributed by atoms with van der Waals surface area (Å²) in [4.78, 5) is 17.3. The Hall–Kier alpha value is -3.91. The van der Waals surface area contributed by atoms with Gasteiger partial charge in [0.15, 0.2) is 10.7 Å². The van der Waals surface area contributed by atoms with Gasteiger partial charge >= 0.3 is 0 Å². The fourth-order valence-corrected chi connectivity index (χ4v) is 3.82. The molecule has 0 bridgehead atoms. The Morgan fingerprint density at radius 2 is 1.86 bits per heavy atom. The third kappa shape index (κ3) is 5.83. The molecule has 36 heavy (non-hydrogen) atoms. The number of benzene rings is 3. The average Bonchev–Trinajstić information content (AvgIpc) is 3.31. The summed E-state index contributed by atoms with van der Waals surface area (Å²) < 4.78 is 17.0. The van der Waals surface area contributed by atoms with Crippen LogP contribution in [0.4, 0.5) is 5.69 Å². The molecule has 0 saturated carbocycles. The van der Waals surface area contributed by atoms with Gasteiger partial charge in [0.2, 0.25) is 5.89 Å². The lowest BCUT2D eigenvalue weighted by atomic mass is 10.0.